The summed E-state index contributed by atoms with van der Waals surface area (Å²) in [7, 11) is 0. The predicted octanol–water partition coefficient (Wildman–Crippen LogP) is 3.69. The minimum absolute atomic E-state index is 0.447. The largest absolute Gasteiger partial charge is 0.176 e. The van der Waals surface area contributed by atoms with E-state index in [2.05, 4.69) is 51.7 Å². The molecule has 0 amide bonds. The molecule has 0 bridgehead atoms. The van der Waals surface area contributed by atoms with Crippen molar-refractivity contribution in [2.75, 3.05) is 0 Å². The molecule has 0 spiro atoms. The van der Waals surface area contributed by atoms with E-state index in [0.29, 0.717) is 15.7 Å². The zero-order chi connectivity index (χ0) is 10.3. The van der Waals surface area contributed by atoms with Gasteiger partial charge in [-0.2, -0.15) is 37.9 Å². The summed E-state index contributed by atoms with van der Waals surface area (Å²) in [6.07, 6.45) is 5.49. The zero-order valence-electron chi connectivity index (χ0n) is 8.32. The van der Waals surface area contributed by atoms with E-state index in [-0.39, 0.29) is 0 Å². The molecule has 13 heavy (non-hydrogen) atoms. The topological polar surface area (TPSA) is 0 Å². The molecule has 0 heterocycles. The fourth-order valence-corrected chi connectivity index (χ4v) is 1.70. The van der Waals surface area contributed by atoms with Crippen LogP contribution >= 0.6 is 37.9 Å². The van der Waals surface area contributed by atoms with Gasteiger partial charge in [-0.25, -0.2) is 0 Å². The minimum Gasteiger partial charge on any atom is -0.176 e. The Labute approximate surface area is 99.5 Å². The van der Waals surface area contributed by atoms with Gasteiger partial charge in [0, 0.05) is 10.5 Å². The third kappa shape index (κ3) is 9.36. The Morgan fingerprint density at radius 3 is 1.85 bits per heavy atom. The van der Waals surface area contributed by atoms with Gasteiger partial charge in [0.05, 0.1) is 0 Å². The van der Waals surface area contributed by atoms with Gasteiger partial charge in [0.15, 0.2) is 0 Å². The second-order valence-corrected chi connectivity index (χ2v) is 5.94. The van der Waals surface area contributed by atoms with Crippen LogP contribution in [0.1, 0.15) is 39.0 Å². The highest BCUT2D eigenvalue weighted by Crippen LogP contribution is 2.18. The lowest BCUT2D eigenvalue weighted by Gasteiger charge is -2.13. The maximum atomic E-state index is 4.53. The number of rotatable bonds is 7. The number of hydrogen-bond donors (Lipinski definition) is 3. The SMILES string of the molecule is [CH2]CC(S)CCC(S)CCC(C)S. The quantitative estimate of drug-likeness (QED) is 0.553. The van der Waals surface area contributed by atoms with Crippen LogP contribution in [0.5, 0.6) is 0 Å². The van der Waals surface area contributed by atoms with Crippen molar-refractivity contribution in [3.8, 4) is 0 Å². The molecule has 0 fully saturated rings. The van der Waals surface area contributed by atoms with E-state index < -0.39 is 0 Å². The van der Waals surface area contributed by atoms with Crippen LogP contribution in [0.4, 0.5) is 0 Å². The van der Waals surface area contributed by atoms with Gasteiger partial charge in [-0.1, -0.05) is 13.8 Å². The van der Waals surface area contributed by atoms with E-state index in [4.69, 9.17) is 0 Å². The standard InChI is InChI=1S/C10H21S3/c1-3-9(12)6-7-10(13)5-4-8(2)11/h8-13H,1,3-7H2,2H3. The van der Waals surface area contributed by atoms with Crippen LogP contribution in [0.3, 0.4) is 0 Å². The third-order valence-corrected chi connectivity index (χ3v) is 3.37. The van der Waals surface area contributed by atoms with Crippen molar-refractivity contribution in [3.63, 3.8) is 0 Å². The first-order valence-electron chi connectivity index (χ1n) is 4.89. The number of thiol groups is 3. The van der Waals surface area contributed by atoms with E-state index in [1.165, 1.54) is 0 Å². The molecule has 0 aromatic heterocycles. The van der Waals surface area contributed by atoms with Gasteiger partial charge in [0.2, 0.25) is 0 Å². The van der Waals surface area contributed by atoms with Gasteiger partial charge >= 0.3 is 0 Å². The zero-order valence-corrected chi connectivity index (χ0v) is 11.0. The Bertz CT molecular complexity index is 115. The summed E-state index contributed by atoms with van der Waals surface area (Å²) in [5, 5.41) is 1.45. The lowest BCUT2D eigenvalue weighted by Crippen LogP contribution is -2.06. The molecule has 1 radical (unpaired) electrons. The van der Waals surface area contributed by atoms with E-state index in [9.17, 15) is 0 Å². The first-order valence-corrected chi connectivity index (χ1v) is 6.44. The van der Waals surface area contributed by atoms with Crippen LogP contribution in [0, 0.1) is 6.92 Å². The summed E-state index contributed by atoms with van der Waals surface area (Å²) < 4.78 is 0. The van der Waals surface area contributed by atoms with Gasteiger partial charge in [-0.05, 0) is 37.4 Å². The van der Waals surface area contributed by atoms with E-state index in [0.717, 1.165) is 32.1 Å². The maximum absolute atomic E-state index is 4.53. The maximum Gasteiger partial charge on any atom is 0.00176 e. The summed E-state index contributed by atoms with van der Waals surface area (Å²) >= 11 is 13.3. The highest BCUT2D eigenvalue weighted by Gasteiger charge is 2.07. The molecule has 0 aliphatic heterocycles. The number of hydrogen-bond acceptors (Lipinski definition) is 3. The smallest absolute Gasteiger partial charge is 0.00176 e. The predicted molar refractivity (Wildman–Crippen MR) is 72.4 cm³/mol. The van der Waals surface area contributed by atoms with Crippen molar-refractivity contribution in [2.45, 2.75) is 54.8 Å². The molecule has 0 nitrogen and oxygen atoms in total. The molecule has 0 saturated carbocycles. The van der Waals surface area contributed by atoms with E-state index in [1.54, 1.807) is 0 Å². The van der Waals surface area contributed by atoms with Gasteiger partial charge in [-0.3, -0.25) is 0 Å². The fraction of sp³-hybridized carbons (Fsp3) is 0.900. The summed E-state index contributed by atoms with van der Waals surface area (Å²) in [6.45, 7) is 5.95. The van der Waals surface area contributed by atoms with Crippen LogP contribution in [-0.4, -0.2) is 15.7 Å². The molecule has 0 saturated heterocycles. The Hall–Kier alpha value is 1.05. The molecule has 0 N–H and O–H groups in total. The van der Waals surface area contributed by atoms with Crippen LogP contribution in [0.2, 0.25) is 0 Å². The molecule has 0 aromatic rings. The summed E-state index contributed by atoms with van der Waals surface area (Å²) in [6, 6.07) is 0. The molecule has 3 atom stereocenters. The molecule has 79 valence electrons. The summed E-state index contributed by atoms with van der Waals surface area (Å²) in [4.78, 5) is 0. The monoisotopic (exact) mass is 237 g/mol. The van der Waals surface area contributed by atoms with Gasteiger partial charge in [0.1, 0.15) is 0 Å². The van der Waals surface area contributed by atoms with Crippen LogP contribution in [-0.2, 0) is 0 Å². The van der Waals surface area contributed by atoms with Gasteiger partial charge < -0.3 is 0 Å². The Morgan fingerprint density at radius 1 is 0.923 bits per heavy atom. The fourth-order valence-electron chi connectivity index (χ4n) is 1.11. The molecule has 0 aliphatic rings. The van der Waals surface area contributed by atoms with Crippen molar-refractivity contribution in [3.05, 3.63) is 6.92 Å². The Kier molecular flexibility index (Phi) is 9.04. The van der Waals surface area contributed by atoms with Crippen LogP contribution < -0.4 is 0 Å². The van der Waals surface area contributed by atoms with Crippen molar-refractivity contribution < 1.29 is 0 Å². The molecule has 3 heteroatoms. The van der Waals surface area contributed by atoms with Crippen molar-refractivity contribution in [2.24, 2.45) is 0 Å². The van der Waals surface area contributed by atoms with E-state index in [1.807, 2.05) is 0 Å². The average molecular weight is 237 g/mol. The second-order valence-electron chi connectivity index (χ2n) is 3.60. The van der Waals surface area contributed by atoms with Crippen molar-refractivity contribution >= 4 is 37.9 Å². The van der Waals surface area contributed by atoms with Crippen LogP contribution in [0.25, 0.3) is 0 Å². The van der Waals surface area contributed by atoms with Gasteiger partial charge in [0.25, 0.3) is 0 Å². The molecule has 0 aromatic carbocycles. The third-order valence-electron chi connectivity index (χ3n) is 2.08. The molecular weight excluding hydrogens is 216 g/mol. The highest BCUT2D eigenvalue weighted by molar-refractivity contribution is 7.81. The first kappa shape index (κ1) is 14.1. The lowest BCUT2D eigenvalue weighted by molar-refractivity contribution is 0.620. The summed E-state index contributed by atoms with van der Waals surface area (Å²) in [5.74, 6) is 0. The molecule has 3 unspecified atom stereocenters. The van der Waals surface area contributed by atoms with Gasteiger partial charge in [-0.15, -0.1) is 0 Å². The average Bonchev–Trinajstić information content (AvgIpc) is 2.10. The normalized spacial score (nSPS) is 18.2. The summed E-state index contributed by atoms with van der Waals surface area (Å²) in [5.41, 5.74) is 0. The molecule has 0 rings (SSSR count). The Balaban J connectivity index is 3.34. The minimum atomic E-state index is 0.447. The highest BCUT2D eigenvalue weighted by atomic mass is 32.1. The second kappa shape index (κ2) is 8.37. The van der Waals surface area contributed by atoms with Crippen LogP contribution in [0.15, 0.2) is 0 Å². The Morgan fingerprint density at radius 2 is 1.38 bits per heavy atom. The molecule has 0 aliphatic carbocycles. The first-order chi connectivity index (χ1) is 6.06. The lowest BCUT2D eigenvalue weighted by atomic mass is 10.1. The molecular formula is C10H21S3. The van der Waals surface area contributed by atoms with Crippen molar-refractivity contribution in [1.29, 1.82) is 0 Å². The van der Waals surface area contributed by atoms with Crippen molar-refractivity contribution in [1.82, 2.24) is 0 Å². The van der Waals surface area contributed by atoms with E-state index >= 15 is 0 Å².